The first-order chi connectivity index (χ1) is 12.5. The first-order valence-corrected chi connectivity index (χ1v) is 8.79. The van der Waals surface area contributed by atoms with Crippen LogP contribution in [0.3, 0.4) is 0 Å². The van der Waals surface area contributed by atoms with E-state index >= 15 is 0 Å². The number of carbonyl (C=O) groups excluding carboxylic acids is 1. The Kier molecular flexibility index (Phi) is 7.06. The molecule has 2 aromatic carbocycles. The number of nitrogens with one attached hydrogen (secondary N) is 1. The number of rotatable bonds is 8. The van der Waals surface area contributed by atoms with E-state index in [0.29, 0.717) is 13.0 Å². The van der Waals surface area contributed by atoms with Gasteiger partial charge in [0, 0.05) is 29.3 Å². The van der Waals surface area contributed by atoms with Gasteiger partial charge in [-0.05, 0) is 78.7 Å². The Morgan fingerprint density at radius 1 is 1.08 bits per heavy atom. The summed E-state index contributed by atoms with van der Waals surface area (Å²) in [6, 6.07) is 12.0. The maximum atomic E-state index is 12.1. The number of azide groups is 1. The van der Waals surface area contributed by atoms with Gasteiger partial charge in [0.15, 0.2) is 0 Å². The van der Waals surface area contributed by atoms with Crippen LogP contribution < -0.4 is 11.1 Å². The molecule has 0 saturated heterocycles. The van der Waals surface area contributed by atoms with E-state index in [4.69, 9.17) is 11.3 Å². The zero-order valence-electron chi connectivity index (χ0n) is 15.3. The Morgan fingerprint density at radius 3 is 2.42 bits per heavy atom. The molecule has 0 bridgehead atoms. The third-order valence-corrected chi connectivity index (χ3v) is 4.33. The van der Waals surface area contributed by atoms with Crippen molar-refractivity contribution in [1.82, 2.24) is 0 Å². The van der Waals surface area contributed by atoms with Crippen LogP contribution in [0, 0.1) is 13.8 Å². The molecule has 0 aliphatic rings. The molecule has 0 atom stereocenters. The number of aryl methyl sites for hydroxylation is 2. The van der Waals surface area contributed by atoms with Crippen molar-refractivity contribution in [2.75, 3.05) is 17.6 Å². The fourth-order valence-corrected chi connectivity index (χ4v) is 2.74. The van der Waals surface area contributed by atoms with Crippen LogP contribution in [0.4, 0.5) is 11.4 Å². The van der Waals surface area contributed by atoms with Crippen molar-refractivity contribution in [1.29, 1.82) is 0 Å². The lowest BCUT2D eigenvalue weighted by Gasteiger charge is -2.11. The molecule has 0 aliphatic heterocycles. The topological polar surface area (TPSA) is 104 Å². The van der Waals surface area contributed by atoms with Gasteiger partial charge in [-0.25, -0.2) is 0 Å². The lowest BCUT2D eigenvalue weighted by atomic mass is 10.00. The van der Waals surface area contributed by atoms with E-state index in [1.54, 1.807) is 0 Å². The van der Waals surface area contributed by atoms with Gasteiger partial charge in [0.25, 0.3) is 0 Å². The summed E-state index contributed by atoms with van der Waals surface area (Å²) in [4.78, 5) is 14.8. The molecule has 3 N–H and O–H groups in total. The summed E-state index contributed by atoms with van der Waals surface area (Å²) in [5.41, 5.74) is 20.0. The van der Waals surface area contributed by atoms with E-state index in [-0.39, 0.29) is 5.91 Å². The minimum absolute atomic E-state index is 0.00737. The van der Waals surface area contributed by atoms with Gasteiger partial charge in [0.1, 0.15) is 0 Å². The number of unbranched alkanes of at least 4 members (excludes halogenated alkanes) is 2. The first-order valence-electron chi connectivity index (χ1n) is 8.79. The van der Waals surface area contributed by atoms with Crippen LogP contribution in [-0.2, 0) is 4.79 Å². The third-order valence-electron chi connectivity index (χ3n) is 4.33. The Bertz CT molecular complexity index is 825. The summed E-state index contributed by atoms with van der Waals surface area (Å²) in [5.74, 6) is 0.00737. The van der Waals surface area contributed by atoms with Gasteiger partial charge in [-0.15, -0.1) is 0 Å². The number of nitrogens with zero attached hydrogens (tertiary/aromatic N) is 3. The molecule has 0 heterocycles. The highest BCUT2D eigenvalue weighted by Crippen LogP contribution is 2.27. The number of carbonyl (C=O) groups is 1. The highest BCUT2D eigenvalue weighted by Gasteiger charge is 2.07. The Morgan fingerprint density at radius 2 is 1.77 bits per heavy atom. The smallest absolute Gasteiger partial charge is 0.224 e. The first kappa shape index (κ1) is 19.3. The summed E-state index contributed by atoms with van der Waals surface area (Å²) in [6.45, 7) is 4.47. The van der Waals surface area contributed by atoms with Crippen LogP contribution in [0.25, 0.3) is 21.6 Å². The van der Waals surface area contributed by atoms with Crippen LogP contribution in [0.15, 0.2) is 41.5 Å². The molecular weight excluding hydrogens is 326 g/mol. The zero-order chi connectivity index (χ0) is 18.9. The molecule has 2 aromatic rings. The van der Waals surface area contributed by atoms with Crippen molar-refractivity contribution in [2.45, 2.75) is 39.5 Å². The van der Waals surface area contributed by atoms with Crippen molar-refractivity contribution >= 4 is 17.3 Å². The normalized spacial score (nSPS) is 10.2. The summed E-state index contributed by atoms with van der Waals surface area (Å²) in [7, 11) is 0. The molecule has 0 fully saturated rings. The van der Waals surface area contributed by atoms with E-state index in [1.807, 2.05) is 38.1 Å². The number of nitrogens with two attached hydrogens (primary N) is 1. The van der Waals surface area contributed by atoms with Crippen LogP contribution >= 0.6 is 0 Å². The van der Waals surface area contributed by atoms with Gasteiger partial charge < -0.3 is 11.1 Å². The average molecular weight is 351 g/mol. The summed E-state index contributed by atoms with van der Waals surface area (Å²) in [5, 5.41) is 6.45. The molecule has 136 valence electrons. The van der Waals surface area contributed by atoms with Gasteiger partial charge >= 0.3 is 0 Å². The second-order valence-electron chi connectivity index (χ2n) is 6.41. The molecule has 2 rings (SSSR count). The van der Waals surface area contributed by atoms with Crippen LogP contribution in [0.1, 0.15) is 36.8 Å². The fraction of sp³-hybridized carbons (Fsp3) is 0.350. The van der Waals surface area contributed by atoms with Gasteiger partial charge in [-0.1, -0.05) is 23.7 Å². The van der Waals surface area contributed by atoms with Crippen LogP contribution in [0.2, 0.25) is 0 Å². The number of hydrogen-bond acceptors (Lipinski definition) is 3. The second kappa shape index (κ2) is 9.49. The minimum atomic E-state index is 0.00737. The van der Waals surface area contributed by atoms with Gasteiger partial charge in [-0.2, -0.15) is 0 Å². The van der Waals surface area contributed by atoms with Crippen molar-refractivity contribution in [2.24, 2.45) is 5.11 Å². The summed E-state index contributed by atoms with van der Waals surface area (Å²) in [6.07, 6.45) is 2.94. The number of amides is 1. The van der Waals surface area contributed by atoms with Crippen molar-refractivity contribution in [3.05, 3.63) is 58.0 Å². The predicted molar refractivity (Wildman–Crippen MR) is 107 cm³/mol. The van der Waals surface area contributed by atoms with Gasteiger partial charge in [0.05, 0.1) is 0 Å². The van der Waals surface area contributed by atoms with E-state index < -0.39 is 0 Å². The van der Waals surface area contributed by atoms with E-state index in [2.05, 4.69) is 27.5 Å². The molecule has 0 unspecified atom stereocenters. The number of hydrogen-bond donors (Lipinski definition) is 2. The maximum Gasteiger partial charge on any atom is 0.224 e. The lowest BCUT2D eigenvalue weighted by molar-refractivity contribution is -0.116. The molecule has 0 spiro atoms. The Labute approximate surface area is 154 Å². The lowest BCUT2D eigenvalue weighted by Crippen LogP contribution is -2.12. The highest BCUT2D eigenvalue weighted by molar-refractivity contribution is 5.91. The van der Waals surface area contributed by atoms with Crippen molar-refractivity contribution in [3.8, 4) is 11.1 Å². The van der Waals surface area contributed by atoms with Gasteiger partial charge in [-0.3, -0.25) is 4.79 Å². The van der Waals surface area contributed by atoms with Crippen molar-refractivity contribution < 1.29 is 4.79 Å². The molecule has 6 heteroatoms. The Balaban J connectivity index is 1.93. The Hall–Kier alpha value is -2.98. The number of anilines is 2. The predicted octanol–water partition coefficient (Wildman–Crippen LogP) is 5.36. The van der Waals surface area contributed by atoms with Crippen LogP contribution in [0.5, 0.6) is 0 Å². The monoisotopic (exact) mass is 351 g/mol. The molecule has 0 aliphatic carbocycles. The molecular formula is C20H25N5O. The quantitative estimate of drug-likeness (QED) is 0.220. The number of benzene rings is 2. The summed E-state index contributed by atoms with van der Waals surface area (Å²) < 4.78 is 0. The van der Waals surface area contributed by atoms with Crippen molar-refractivity contribution in [3.63, 3.8) is 0 Å². The molecule has 1 amide bonds. The number of nitrogen functional groups attached to an aromatic ring is 1. The van der Waals surface area contributed by atoms with E-state index in [0.717, 1.165) is 52.9 Å². The molecule has 6 nitrogen and oxygen atoms in total. The standard InChI is InChI=1S/C20H25N5O/c1-14-12-16(7-9-18(14)21)17-8-10-19(15(2)13-17)24-20(26)6-4-3-5-11-23-25-22/h7-10,12-13H,3-6,11,21H2,1-2H3,(H,24,26). The van der Waals surface area contributed by atoms with E-state index in [9.17, 15) is 4.79 Å². The molecule has 0 saturated carbocycles. The largest absolute Gasteiger partial charge is 0.399 e. The SMILES string of the molecule is Cc1cc(-c2ccc(NC(=O)CCCCCN=[N+]=[N-])c(C)c2)ccc1N. The zero-order valence-corrected chi connectivity index (χ0v) is 15.3. The van der Waals surface area contributed by atoms with Gasteiger partial charge in [0.2, 0.25) is 5.91 Å². The fourth-order valence-electron chi connectivity index (χ4n) is 2.74. The van der Waals surface area contributed by atoms with Crippen LogP contribution in [-0.4, -0.2) is 12.5 Å². The average Bonchev–Trinajstić information content (AvgIpc) is 2.62. The molecule has 0 aromatic heterocycles. The minimum Gasteiger partial charge on any atom is -0.399 e. The second-order valence-corrected chi connectivity index (χ2v) is 6.41. The van der Waals surface area contributed by atoms with E-state index in [1.165, 1.54) is 0 Å². The molecule has 26 heavy (non-hydrogen) atoms. The highest BCUT2D eigenvalue weighted by atomic mass is 16.1. The maximum absolute atomic E-state index is 12.1. The molecule has 0 radical (unpaired) electrons. The summed E-state index contributed by atoms with van der Waals surface area (Å²) >= 11 is 0. The third kappa shape index (κ3) is 5.53.